The van der Waals surface area contributed by atoms with Gasteiger partial charge in [0.2, 0.25) is 5.75 Å². The molecular formula is C9H10N2O3. The number of para-hydroxylation sites is 1. The third kappa shape index (κ3) is 1.31. The van der Waals surface area contributed by atoms with Crippen LogP contribution in [0.15, 0.2) is 18.2 Å². The normalized spacial score (nSPS) is 19.6. The molecule has 14 heavy (non-hydrogen) atoms. The number of hydrogen-bond donors (Lipinski definition) is 1. The van der Waals surface area contributed by atoms with Crippen LogP contribution in [0.3, 0.4) is 0 Å². The van der Waals surface area contributed by atoms with Crippen LogP contribution in [-0.2, 0) is 0 Å². The lowest BCUT2D eigenvalue weighted by Gasteiger charge is -2.22. The number of nitro groups is 1. The highest BCUT2D eigenvalue weighted by Crippen LogP contribution is 2.37. The molecular weight excluding hydrogens is 184 g/mol. The number of nitrogens with zero attached hydrogens (tertiary/aromatic N) is 1. The average molecular weight is 194 g/mol. The lowest BCUT2D eigenvalue weighted by Crippen LogP contribution is -2.21. The van der Waals surface area contributed by atoms with Gasteiger partial charge < -0.3 is 10.5 Å². The van der Waals surface area contributed by atoms with Crippen molar-refractivity contribution in [3.05, 3.63) is 33.9 Å². The molecule has 2 N–H and O–H groups in total. The van der Waals surface area contributed by atoms with Gasteiger partial charge in [-0.1, -0.05) is 12.1 Å². The molecule has 0 saturated heterocycles. The zero-order valence-electron chi connectivity index (χ0n) is 7.47. The van der Waals surface area contributed by atoms with Crippen molar-refractivity contribution in [2.45, 2.75) is 12.5 Å². The summed E-state index contributed by atoms with van der Waals surface area (Å²) in [5.41, 5.74) is 6.54. The average Bonchev–Trinajstić information content (AvgIpc) is 2.17. The zero-order valence-corrected chi connectivity index (χ0v) is 7.47. The first-order valence-corrected chi connectivity index (χ1v) is 4.36. The number of ether oxygens (including phenoxy) is 1. The summed E-state index contributed by atoms with van der Waals surface area (Å²) in [5, 5.41) is 10.7. The Morgan fingerprint density at radius 3 is 3.07 bits per heavy atom. The first kappa shape index (κ1) is 8.96. The number of hydrogen-bond acceptors (Lipinski definition) is 4. The molecule has 1 heterocycles. The summed E-state index contributed by atoms with van der Waals surface area (Å²) >= 11 is 0. The van der Waals surface area contributed by atoms with E-state index in [4.69, 9.17) is 10.5 Å². The molecule has 5 heteroatoms. The first-order valence-electron chi connectivity index (χ1n) is 4.36. The van der Waals surface area contributed by atoms with Gasteiger partial charge in [0, 0.05) is 24.1 Å². The molecule has 0 aliphatic carbocycles. The number of fused-ring (bicyclic) bond motifs is 1. The van der Waals surface area contributed by atoms with Gasteiger partial charge >= 0.3 is 5.69 Å². The van der Waals surface area contributed by atoms with Crippen molar-refractivity contribution in [3.63, 3.8) is 0 Å². The van der Waals surface area contributed by atoms with Gasteiger partial charge in [-0.25, -0.2) is 0 Å². The minimum Gasteiger partial charge on any atom is -0.487 e. The van der Waals surface area contributed by atoms with E-state index < -0.39 is 4.92 Å². The maximum absolute atomic E-state index is 10.7. The summed E-state index contributed by atoms with van der Waals surface area (Å²) in [4.78, 5) is 10.2. The molecule has 1 aliphatic heterocycles. The molecule has 2 rings (SSSR count). The lowest BCUT2D eigenvalue weighted by molar-refractivity contribution is -0.386. The van der Waals surface area contributed by atoms with Gasteiger partial charge in [0.05, 0.1) is 11.5 Å². The van der Waals surface area contributed by atoms with Crippen molar-refractivity contribution in [2.75, 3.05) is 6.61 Å². The monoisotopic (exact) mass is 194 g/mol. The molecule has 1 aliphatic rings. The standard InChI is InChI=1S/C9H10N2O3/c10-7-4-5-14-9-6(7)2-1-3-8(9)11(12)13/h1-3,7H,4-5,10H2. The Labute approximate surface area is 80.6 Å². The van der Waals surface area contributed by atoms with Crippen molar-refractivity contribution in [2.24, 2.45) is 5.73 Å². The predicted octanol–water partition coefficient (Wildman–Crippen LogP) is 1.38. The molecule has 0 saturated carbocycles. The topological polar surface area (TPSA) is 78.4 Å². The van der Waals surface area contributed by atoms with Crippen LogP contribution in [-0.4, -0.2) is 11.5 Å². The van der Waals surface area contributed by atoms with Crippen molar-refractivity contribution < 1.29 is 9.66 Å². The third-order valence-corrected chi connectivity index (χ3v) is 2.30. The first-order chi connectivity index (χ1) is 6.70. The van der Waals surface area contributed by atoms with Gasteiger partial charge in [-0.3, -0.25) is 10.1 Å². The van der Waals surface area contributed by atoms with E-state index in [0.29, 0.717) is 18.8 Å². The fourth-order valence-corrected chi connectivity index (χ4v) is 1.58. The Morgan fingerprint density at radius 2 is 2.36 bits per heavy atom. The summed E-state index contributed by atoms with van der Waals surface area (Å²) < 4.78 is 5.26. The van der Waals surface area contributed by atoms with Crippen molar-refractivity contribution >= 4 is 5.69 Å². The summed E-state index contributed by atoms with van der Waals surface area (Å²) in [7, 11) is 0. The van der Waals surface area contributed by atoms with E-state index in [1.165, 1.54) is 6.07 Å². The van der Waals surface area contributed by atoms with Crippen LogP contribution in [0.4, 0.5) is 5.69 Å². The molecule has 0 aromatic heterocycles. The van der Waals surface area contributed by atoms with E-state index in [0.717, 1.165) is 5.56 Å². The molecule has 0 radical (unpaired) electrons. The van der Waals surface area contributed by atoms with Crippen LogP contribution in [0.25, 0.3) is 0 Å². The number of nitro benzene ring substituents is 1. The van der Waals surface area contributed by atoms with Crippen LogP contribution in [0.1, 0.15) is 18.0 Å². The molecule has 0 amide bonds. The maximum Gasteiger partial charge on any atom is 0.311 e. The Hall–Kier alpha value is -1.62. The minimum atomic E-state index is -0.448. The SMILES string of the molecule is NC1CCOc2c1cccc2[N+](=O)[O-]. The molecule has 0 spiro atoms. The predicted molar refractivity (Wildman–Crippen MR) is 50.1 cm³/mol. The highest BCUT2D eigenvalue weighted by atomic mass is 16.6. The van der Waals surface area contributed by atoms with Crippen LogP contribution >= 0.6 is 0 Å². The van der Waals surface area contributed by atoms with Gasteiger partial charge in [0.25, 0.3) is 0 Å². The highest BCUT2D eigenvalue weighted by molar-refractivity contribution is 5.53. The number of nitrogens with two attached hydrogens (primary N) is 1. The van der Waals surface area contributed by atoms with E-state index >= 15 is 0 Å². The molecule has 5 nitrogen and oxygen atoms in total. The largest absolute Gasteiger partial charge is 0.487 e. The molecule has 1 aromatic carbocycles. The molecule has 74 valence electrons. The van der Waals surface area contributed by atoms with E-state index in [1.807, 2.05) is 0 Å². The van der Waals surface area contributed by atoms with Crippen molar-refractivity contribution in [1.29, 1.82) is 0 Å². The lowest BCUT2D eigenvalue weighted by atomic mass is 10.0. The van der Waals surface area contributed by atoms with Crippen LogP contribution < -0.4 is 10.5 Å². The maximum atomic E-state index is 10.7. The Bertz CT molecular complexity index is 378. The Morgan fingerprint density at radius 1 is 1.57 bits per heavy atom. The van der Waals surface area contributed by atoms with Crippen LogP contribution in [0.2, 0.25) is 0 Å². The molecule has 1 aromatic rings. The van der Waals surface area contributed by atoms with Crippen molar-refractivity contribution in [1.82, 2.24) is 0 Å². The highest BCUT2D eigenvalue weighted by Gasteiger charge is 2.25. The van der Waals surface area contributed by atoms with E-state index in [2.05, 4.69) is 0 Å². The van der Waals surface area contributed by atoms with Gasteiger partial charge in [-0.15, -0.1) is 0 Å². The molecule has 0 bridgehead atoms. The van der Waals surface area contributed by atoms with Gasteiger partial charge in [0.15, 0.2) is 0 Å². The summed E-state index contributed by atoms with van der Waals surface area (Å²) in [6.07, 6.45) is 0.703. The Balaban J connectivity index is 2.55. The van der Waals surface area contributed by atoms with Gasteiger partial charge in [0.1, 0.15) is 0 Å². The fourth-order valence-electron chi connectivity index (χ4n) is 1.58. The number of rotatable bonds is 1. The Kier molecular flexibility index (Phi) is 2.09. The second kappa shape index (κ2) is 3.26. The summed E-state index contributed by atoms with van der Waals surface area (Å²) in [5.74, 6) is 0.330. The minimum absolute atomic E-state index is 0.00218. The molecule has 1 atom stereocenters. The molecule has 0 fully saturated rings. The van der Waals surface area contributed by atoms with Crippen LogP contribution in [0.5, 0.6) is 5.75 Å². The molecule has 1 unspecified atom stereocenters. The number of benzene rings is 1. The van der Waals surface area contributed by atoms with E-state index in [-0.39, 0.29) is 11.7 Å². The smallest absolute Gasteiger partial charge is 0.311 e. The fraction of sp³-hybridized carbons (Fsp3) is 0.333. The third-order valence-electron chi connectivity index (χ3n) is 2.30. The zero-order chi connectivity index (χ0) is 10.1. The second-order valence-corrected chi connectivity index (χ2v) is 3.20. The van der Waals surface area contributed by atoms with E-state index in [1.54, 1.807) is 12.1 Å². The van der Waals surface area contributed by atoms with Crippen LogP contribution in [0, 0.1) is 10.1 Å². The van der Waals surface area contributed by atoms with Gasteiger partial charge in [-0.2, -0.15) is 0 Å². The summed E-state index contributed by atoms with van der Waals surface area (Å²) in [6.45, 7) is 0.443. The summed E-state index contributed by atoms with van der Waals surface area (Å²) in [6, 6.07) is 4.67. The quantitative estimate of drug-likeness (QED) is 0.541. The van der Waals surface area contributed by atoms with Gasteiger partial charge in [-0.05, 0) is 0 Å². The van der Waals surface area contributed by atoms with Crippen molar-refractivity contribution in [3.8, 4) is 5.75 Å². The van der Waals surface area contributed by atoms with E-state index in [9.17, 15) is 10.1 Å². The second-order valence-electron chi connectivity index (χ2n) is 3.20.